The summed E-state index contributed by atoms with van der Waals surface area (Å²) in [6, 6.07) is 12.3. The fourth-order valence-electron chi connectivity index (χ4n) is 4.00. The Kier molecular flexibility index (Phi) is 5.44. The molecule has 0 radical (unpaired) electrons. The lowest BCUT2D eigenvalue weighted by molar-refractivity contribution is -0.114. The molecule has 1 aromatic heterocycles. The topological polar surface area (TPSA) is 86.3 Å². The number of hydrogen-bond donors (Lipinski definition) is 1. The molecule has 0 spiro atoms. The maximum absolute atomic E-state index is 12.8. The van der Waals surface area contributed by atoms with Gasteiger partial charge >= 0.3 is 0 Å². The first kappa shape index (κ1) is 20.7. The molecule has 1 fully saturated rings. The number of amidine groups is 3. The number of aryl methyl sites for hydroxylation is 1. The molecule has 1 amide bonds. The van der Waals surface area contributed by atoms with Crippen molar-refractivity contribution < 1.29 is 9.53 Å². The number of rotatable bonds is 3. The molecule has 1 aromatic carbocycles. The maximum Gasteiger partial charge on any atom is 0.283 e. The third-order valence-corrected chi connectivity index (χ3v) is 6.79. The lowest BCUT2D eigenvalue weighted by Crippen LogP contribution is -2.39. The Morgan fingerprint density at radius 1 is 1.16 bits per heavy atom. The molecular weight excluding hydrogens is 424 g/mol. The highest BCUT2D eigenvalue weighted by Crippen LogP contribution is 2.30. The number of morpholine rings is 1. The second kappa shape index (κ2) is 8.40. The Bertz CT molecular complexity index is 1170. The second-order valence-corrected chi connectivity index (χ2v) is 8.83. The van der Waals surface area contributed by atoms with Gasteiger partial charge in [0.2, 0.25) is 5.17 Å². The number of hydrazone groups is 1. The zero-order chi connectivity index (χ0) is 22.2. The minimum absolute atomic E-state index is 0.0589. The van der Waals surface area contributed by atoms with Crippen molar-refractivity contribution in [2.24, 2.45) is 10.1 Å². The van der Waals surface area contributed by atoms with Crippen LogP contribution in [0.5, 0.6) is 0 Å². The first-order valence-corrected chi connectivity index (χ1v) is 11.4. The van der Waals surface area contributed by atoms with Gasteiger partial charge in [-0.15, -0.1) is 5.10 Å². The number of carbonyl (C=O) groups excluding carboxylic acids is 1. The summed E-state index contributed by atoms with van der Waals surface area (Å²) < 4.78 is 7.62. The fraction of sp³-hybridized carbons (Fsp3) is 0.304. The standard InChI is InChI=1S/C23H24N6O2S/c1-15-12-18(16(2)28(15)14-17-6-4-3-5-7-17)13-19-20(24)29-22(25-21(19)30)32-23(26-29)27-8-10-31-11-9-27/h3-7,12-13,24H,8-11,14H2,1-2H3/b19-13+,24-20?. The zero-order valence-electron chi connectivity index (χ0n) is 18.0. The van der Waals surface area contributed by atoms with Crippen molar-refractivity contribution >= 4 is 39.9 Å². The van der Waals surface area contributed by atoms with E-state index in [1.165, 1.54) is 22.3 Å². The highest BCUT2D eigenvalue weighted by molar-refractivity contribution is 8.26. The van der Waals surface area contributed by atoms with Crippen LogP contribution in [0.4, 0.5) is 0 Å². The van der Waals surface area contributed by atoms with E-state index in [0.29, 0.717) is 18.4 Å². The number of aromatic nitrogens is 1. The Morgan fingerprint density at radius 2 is 1.91 bits per heavy atom. The van der Waals surface area contributed by atoms with Crippen LogP contribution in [0.3, 0.4) is 0 Å². The van der Waals surface area contributed by atoms with E-state index in [9.17, 15) is 4.79 Å². The molecule has 3 aliphatic rings. The van der Waals surface area contributed by atoms with Crippen molar-refractivity contribution in [3.05, 3.63) is 64.5 Å². The van der Waals surface area contributed by atoms with Crippen LogP contribution < -0.4 is 0 Å². The average Bonchev–Trinajstić information content (AvgIpc) is 3.34. The lowest BCUT2D eigenvalue weighted by Gasteiger charge is -2.26. The van der Waals surface area contributed by atoms with E-state index in [-0.39, 0.29) is 11.4 Å². The van der Waals surface area contributed by atoms with Gasteiger partial charge in [-0.1, -0.05) is 30.3 Å². The molecule has 5 rings (SSSR count). The van der Waals surface area contributed by atoms with Gasteiger partial charge in [-0.3, -0.25) is 10.2 Å². The van der Waals surface area contributed by atoms with Crippen LogP contribution in [-0.2, 0) is 16.1 Å². The fourth-order valence-corrected chi connectivity index (χ4v) is 4.95. The molecule has 1 N–H and O–H groups in total. The lowest BCUT2D eigenvalue weighted by atomic mass is 10.1. The van der Waals surface area contributed by atoms with Gasteiger partial charge in [0.1, 0.15) is 0 Å². The molecule has 0 bridgehead atoms. The smallest absolute Gasteiger partial charge is 0.283 e. The monoisotopic (exact) mass is 448 g/mol. The van der Waals surface area contributed by atoms with Crippen molar-refractivity contribution in [2.45, 2.75) is 20.4 Å². The summed E-state index contributed by atoms with van der Waals surface area (Å²) in [4.78, 5) is 19.1. The largest absolute Gasteiger partial charge is 0.378 e. The van der Waals surface area contributed by atoms with Gasteiger partial charge in [-0.2, -0.15) is 10.0 Å². The Balaban J connectivity index is 1.43. The highest BCUT2D eigenvalue weighted by atomic mass is 32.2. The Hall–Kier alpha value is -3.17. The van der Waals surface area contributed by atoms with Crippen LogP contribution in [0, 0.1) is 19.3 Å². The van der Waals surface area contributed by atoms with E-state index in [4.69, 9.17) is 10.1 Å². The number of nitrogens with zero attached hydrogens (tertiary/aromatic N) is 5. The third-order valence-electron chi connectivity index (χ3n) is 5.82. The molecule has 164 valence electrons. The summed E-state index contributed by atoms with van der Waals surface area (Å²) in [7, 11) is 0. The quantitative estimate of drug-likeness (QED) is 0.730. The number of aliphatic imine (C=N–C) groups is 1. The van der Waals surface area contributed by atoms with Gasteiger partial charge in [-0.25, -0.2) is 0 Å². The first-order chi connectivity index (χ1) is 15.5. The summed E-state index contributed by atoms with van der Waals surface area (Å²) in [6.45, 7) is 7.62. The molecule has 2 aromatic rings. The molecule has 8 nitrogen and oxygen atoms in total. The minimum atomic E-state index is -0.403. The van der Waals surface area contributed by atoms with Crippen molar-refractivity contribution in [1.82, 2.24) is 14.5 Å². The number of ether oxygens (including phenoxy) is 1. The summed E-state index contributed by atoms with van der Waals surface area (Å²) in [5.41, 5.74) is 4.52. The summed E-state index contributed by atoms with van der Waals surface area (Å²) in [5.74, 6) is -0.344. The molecular formula is C23H24N6O2S. The van der Waals surface area contributed by atoms with Gasteiger partial charge < -0.3 is 14.2 Å². The maximum atomic E-state index is 12.8. The van der Waals surface area contributed by atoms with Gasteiger partial charge in [0.05, 0.1) is 18.8 Å². The highest BCUT2D eigenvalue weighted by Gasteiger charge is 2.37. The molecule has 3 aliphatic heterocycles. The van der Waals surface area contributed by atoms with Crippen LogP contribution in [0.15, 0.2) is 52.1 Å². The predicted octanol–water partition coefficient (Wildman–Crippen LogP) is 3.06. The Morgan fingerprint density at radius 3 is 2.66 bits per heavy atom. The van der Waals surface area contributed by atoms with E-state index in [1.807, 2.05) is 31.2 Å². The van der Waals surface area contributed by atoms with Crippen molar-refractivity contribution in [3.8, 4) is 0 Å². The number of hydrogen-bond acceptors (Lipinski definition) is 6. The molecule has 32 heavy (non-hydrogen) atoms. The number of carbonyl (C=O) groups is 1. The van der Waals surface area contributed by atoms with E-state index >= 15 is 0 Å². The van der Waals surface area contributed by atoms with E-state index in [1.54, 1.807) is 6.08 Å². The van der Waals surface area contributed by atoms with E-state index < -0.39 is 5.91 Å². The molecule has 4 heterocycles. The van der Waals surface area contributed by atoms with E-state index in [2.05, 4.69) is 38.6 Å². The van der Waals surface area contributed by atoms with Crippen LogP contribution in [0.1, 0.15) is 22.5 Å². The van der Waals surface area contributed by atoms with Gasteiger partial charge in [0, 0.05) is 31.0 Å². The molecule has 1 saturated heterocycles. The van der Waals surface area contributed by atoms with Gasteiger partial charge in [0.25, 0.3) is 5.91 Å². The molecule has 0 atom stereocenters. The zero-order valence-corrected chi connectivity index (χ0v) is 18.9. The van der Waals surface area contributed by atoms with Crippen LogP contribution in [0.25, 0.3) is 6.08 Å². The van der Waals surface area contributed by atoms with Crippen molar-refractivity contribution in [1.29, 1.82) is 5.41 Å². The molecule has 0 aliphatic carbocycles. The molecule has 9 heteroatoms. The normalized spacial score (nSPS) is 20.0. The molecule has 0 unspecified atom stereocenters. The number of amides is 1. The van der Waals surface area contributed by atoms with Crippen molar-refractivity contribution in [2.75, 3.05) is 26.3 Å². The van der Waals surface area contributed by atoms with Crippen molar-refractivity contribution in [3.63, 3.8) is 0 Å². The predicted molar refractivity (Wildman–Crippen MR) is 127 cm³/mol. The number of thioether (sulfide) groups is 1. The summed E-state index contributed by atoms with van der Waals surface area (Å²) in [5, 5.41) is 15.9. The van der Waals surface area contributed by atoms with Crippen LogP contribution in [0.2, 0.25) is 0 Å². The SMILES string of the molecule is Cc1cc(/C=C2\C(=N)N3N=C(N4CCOCC4)SC3=NC2=O)c(C)n1Cc1ccccc1. The number of fused-ring (bicyclic) bond motifs is 1. The van der Waals surface area contributed by atoms with Gasteiger partial charge in [0.15, 0.2) is 11.0 Å². The summed E-state index contributed by atoms with van der Waals surface area (Å²) >= 11 is 1.33. The number of benzene rings is 1. The van der Waals surface area contributed by atoms with Crippen LogP contribution in [-0.4, -0.2) is 62.9 Å². The minimum Gasteiger partial charge on any atom is -0.378 e. The average molecular weight is 449 g/mol. The molecule has 0 saturated carbocycles. The number of nitrogens with one attached hydrogen (secondary N) is 1. The first-order valence-electron chi connectivity index (χ1n) is 10.5. The van der Waals surface area contributed by atoms with E-state index in [0.717, 1.165) is 41.8 Å². The third kappa shape index (κ3) is 3.78. The second-order valence-electron chi connectivity index (χ2n) is 7.90. The summed E-state index contributed by atoms with van der Waals surface area (Å²) in [6.07, 6.45) is 1.77. The Labute approximate surface area is 190 Å². The van der Waals surface area contributed by atoms with Gasteiger partial charge in [-0.05, 0) is 48.9 Å². The van der Waals surface area contributed by atoms with Crippen LogP contribution >= 0.6 is 11.8 Å².